The SMILES string of the molecule is CN(CC(O)COc1cccc(C(F)(F)F)c1)C1CCOCC1. The van der Waals surface area contributed by atoms with Gasteiger partial charge in [0.2, 0.25) is 0 Å². The Balaban J connectivity index is 1.81. The Hall–Kier alpha value is -1.31. The molecule has 1 heterocycles. The number of likely N-dealkylation sites (N-methyl/N-ethyl adjacent to an activating group) is 1. The first-order valence-electron chi connectivity index (χ1n) is 7.62. The lowest BCUT2D eigenvalue weighted by Gasteiger charge is -2.32. The maximum Gasteiger partial charge on any atom is 0.416 e. The van der Waals surface area contributed by atoms with Gasteiger partial charge >= 0.3 is 6.18 Å². The highest BCUT2D eigenvalue weighted by Crippen LogP contribution is 2.31. The third-order valence-corrected chi connectivity index (χ3v) is 3.92. The molecule has 23 heavy (non-hydrogen) atoms. The van der Waals surface area contributed by atoms with Crippen molar-refractivity contribution in [3.63, 3.8) is 0 Å². The van der Waals surface area contributed by atoms with E-state index in [1.807, 2.05) is 11.9 Å². The van der Waals surface area contributed by atoms with Gasteiger partial charge in [0.05, 0.1) is 5.56 Å². The van der Waals surface area contributed by atoms with Gasteiger partial charge in [0.25, 0.3) is 0 Å². The average molecular weight is 333 g/mol. The average Bonchev–Trinajstić information content (AvgIpc) is 2.53. The van der Waals surface area contributed by atoms with Crippen LogP contribution in [0.15, 0.2) is 24.3 Å². The summed E-state index contributed by atoms with van der Waals surface area (Å²) in [5, 5.41) is 10.0. The van der Waals surface area contributed by atoms with Crippen molar-refractivity contribution in [2.75, 3.05) is 33.4 Å². The quantitative estimate of drug-likeness (QED) is 0.869. The van der Waals surface area contributed by atoms with Gasteiger partial charge in [-0.05, 0) is 38.1 Å². The summed E-state index contributed by atoms with van der Waals surface area (Å²) in [6.45, 7) is 1.79. The van der Waals surface area contributed by atoms with Crippen molar-refractivity contribution in [3.8, 4) is 5.75 Å². The lowest BCUT2D eigenvalue weighted by molar-refractivity contribution is -0.137. The predicted molar refractivity (Wildman–Crippen MR) is 79.4 cm³/mol. The molecule has 0 spiro atoms. The first-order chi connectivity index (χ1) is 10.9. The number of halogens is 3. The topological polar surface area (TPSA) is 41.9 Å². The van der Waals surface area contributed by atoms with Crippen molar-refractivity contribution >= 4 is 0 Å². The summed E-state index contributed by atoms with van der Waals surface area (Å²) < 4.78 is 48.5. The van der Waals surface area contributed by atoms with E-state index in [2.05, 4.69) is 0 Å². The van der Waals surface area contributed by atoms with E-state index in [0.717, 1.165) is 25.0 Å². The summed E-state index contributed by atoms with van der Waals surface area (Å²) in [5.74, 6) is 0.104. The van der Waals surface area contributed by atoms with Crippen LogP contribution in [0.25, 0.3) is 0 Å². The van der Waals surface area contributed by atoms with Crippen molar-refractivity contribution in [2.45, 2.75) is 31.2 Å². The van der Waals surface area contributed by atoms with E-state index in [1.165, 1.54) is 12.1 Å². The monoisotopic (exact) mass is 333 g/mol. The van der Waals surface area contributed by atoms with Crippen molar-refractivity contribution in [1.29, 1.82) is 0 Å². The van der Waals surface area contributed by atoms with Gasteiger partial charge in [0.1, 0.15) is 18.5 Å². The fourth-order valence-corrected chi connectivity index (χ4v) is 2.61. The van der Waals surface area contributed by atoms with E-state index in [4.69, 9.17) is 9.47 Å². The molecular weight excluding hydrogens is 311 g/mol. The van der Waals surface area contributed by atoms with Crippen molar-refractivity contribution in [3.05, 3.63) is 29.8 Å². The van der Waals surface area contributed by atoms with Crippen LogP contribution >= 0.6 is 0 Å². The van der Waals surface area contributed by atoms with Gasteiger partial charge < -0.3 is 19.5 Å². The Kier molecular flexibility index (Phi) is 6.26. The predicted octanol–water partition coefficient (Wildman–Crippen LogP) is 2.56. The van der Waals surface area contributed by atoms with Crippen LogP contribution in [0.5, 0.6) is 5.75 Å². The molecule has 130 valence electrons. The zero-order valence-electron chi connectivity index (χ0n) is 13.1. The maximum absolute atomic E-state index is 12.6. The van der Waals surface area contributed by atoms with Gasteiger partial charge in [-0.2, -0.15) is 13.2 Å². The van der Waals surface area contributed by atoms with Crippen LogP contribution in [0.3, 0.4) is 0 Å². The number of aliphatic hydroxyl groups excluding tert-OH is 1. The van der Waals surface area contributed by atoms with E-state index in [9.17, 15) is 18.3 Å². The van der Waals surface area contributed by atoms with Crippen molar-refractivity contribution in [2.24, 2.45) is 0 Å². The molecule has 2 rings (SSSR count). The molecule has 7 heteroatoms. The molecule has 0 aliphatic carbocycles. The summed E-state index contributed by atoms with van der Waals surface area (Å²) >= 11 is 0. The highest BCUT2D eigenvalue weighted by Gasteiger charge is 2.30. The second-order valence-electron chi connectivity index (χ2n) is 5.77. The molecule has 0 saturated carbocycles. The smallest absolute Gasteiger partial charge is 0.416 e. The van der Waals surface area contributed by atoms with Crippen molar-refractivity contribution < 1.29 is 27.8 Å². The third kappa shape index (κ3) is 5.67. The second-order valence-corrected chi connectivity index (χ2v) is 5.77. The first-order valence-corrected chi connectivity index (χ1v) is 7.62. The summed E-state index contributed by atoms with van der Waals surface area (Å²) in [5.41, 5.74) is -0.760. The lowest BCUT2D eigenvalue weighted by atomic mass is 10.1. The number of nitrogens with zero attached hydrogens (tertiary/aromatic N) is 1. The molecule has 1 atom stereocenters. The number of hydrogen-bond acceptors (Lipinski definition) is 4. The molecule has 0 amide bonds. The molecule has 1 fully saturated rings. The molecule has 4 nitrogen and oxygen atoms in total. The molecule has 0 aromatic heterocycles. The summed E-state index contributed by atoms with van der Waals surface area (Å²) in [4.78, 5) is 2.04. The Morgan fingerprint density at radius 2 is 2.04 bits per heavy atom. The number of ether oxygens (including phenoxy) is 2. The summed E-state index contributed by atoms with van der Waals surface area (Å²) in [6.07, 6.45) is -3.34. The van der Waals surface area contributed by atoms with Crippen LogP contribution in [-0.2, 0) is 10.9 Å². The van der Waals surface area contributed by atoms with Crippen molar-refractivity contribution in [1.82, 2.24) is 4.90 Å². The van der Waals surface area contributed by atoms with E-state index < -0.39 is 17.8 Å². The minimum atomic E-state index is -4.40. The van der Waals surface area contributed by atoms with Gasteiger partial charge in [-0.15, -0.1) is 0 Å². The minimum absolute atomic E-state index is 0.0468. The minimum Gasteiger partial charge on any atom is -0.491 e. The van der Waals surface area contributed by atoms with E-state index in [-0.39, 0.29) is 12.4 Å². The molecule has 1 aromatic rings. The molecule has 1 aromatic carbocycles. The first kappa shape index (κ1) is 18.0. The van der Waals surface area contributed by atoms with Gasteiger partial charge in [-0.1, -0.05) is 6.07 Å². The van der Waals surface area contributed by atoms with Gasteiger partial charge in [-0.25, -0.2) is 0 Å². The molecule has 1 N–H and O–H groups in total. The standard InChI is InChI=1S/C16H22F3NO3/c1-20(13-5-7-22-8-6-13)10-14(21)11-23-15-4-2-3-12(9-15)16(17,18)19/h2-4,9,13-14,21H,5-8,10-11H2,1H3. The number of hydrogen-bond donors (Lipinski definition) is 1. The summed E-state index contributed by atoms with van der Waals surface area (Å²) in [7, 11) is 1.92. The number of benzene rings is 1. The van der Waals surface area contributed by atoms with Crippen LogP contribution in [-0.4, -0.2) is 55.6 Å². The van der Waals surface area contributed by atoms with E-state index >= 15 is 0 Å². The summed E-state index contributed by atoms with van der Waals surface area (Å²) in [6, 6.07) is 5.02. The Bertz CT molecular complexity index is 490. The largest absolute Gasteiger partial charge is 0.491 e. The zero-order chi connectivity index (χ0) is 16.9. The molecule has 1 saturated heterocycles. The van der Waals surface area contributed by atoms with Crippen LogP contribution in [0.4, 0.5) is 13.2 Å². The van der Waals surface area contributed by atoms with Gasteiger partial charge in [0, 0.05) is 25.8 Å². The highest BCUT2D eigenvalue weighted by molar-refractivity contribution is 5.30. The van der Waals surface area contributed by atoms with E-state index in [0.29, 0.717) is 25.8 Å². The van der Waals surface area contributed by atoms with Gasteiger partial charge in [0.15, 0.2) is 0 Å². The molecule has 1 aliphatic rings. The number of aliphatic hydroxyl groups is 1. The molecular formula is C16H22F3NO3. The fourth-order valence-electron chi connectivity index (χ4n) is 2.61. The fraction of sp³-hybridized carbons (Fsp3) is 0.625. The zero-order valence-corrected chi connectivity index (χ0v) is 13.1. The molecule has 1 aliphatic heterocycles. The third-order valence-electron chi connectivity index (χ3n) is 3.92. The number of alkyl halides is 3. The van der Waals surface area contributed by atoms with Crippen LogP contribution < -0.4 is 4.74 Å². The Morgan fingerprint density at radius 3 is 2.70 bits per heavy atom. The second kappa shape index (κ2) is 7.99. The molecule has 0 radical (unpaired) electrons. The lowest BCUT2D eigenvalue weighted by Crippen LogP contribution is -2.42. The highest BCUT2D eigenvalue weighted by atomic mass is 19.4. The Labute approximate surface area is 133 Å². The Morgan fingerprint density at radius 1 is 1.35 bits per heavy atom. The molecule has 0 bridgehead atoms. The van der Waals surface area contributed by atoms with Crippen LogP contribution in [0, 0.1) is 0 Å². The maximum atomic E-state index is 12.6. The van der Waals surface area contributed by atoms with E-state index in [1.54, 1.807) is 0 Å². The van der Waals surface area contributed by atoms with Crippen LogP contribution in [0.1, 0.15) is 18.4 Å². The normalized spacial score (nSPS) is 18.2. The van der Waals surface area contributed by atoms with Gasteiger partial charge in [-0.3, -0.25) is 0 Å². The number of rotatable bonds is 6. The van der Waals surface area contributed by atoms with Crippen LogP contribution in [0.2, 0.25) is 0 Å². The molecule has 1 unspecified atom stereocenters.